The molecule has 6 rings (SSSR count). The normalized spacial score (nSPS) is 46.3. The number of allylic oxidation sites excluding steroid dienone is 8. The van der Waals surface area contributed by atoms with Crippen LogP contribution in [0.25, 0.3) is 0 Å². The SMILES string of the molecule is CC1CC2C(C3CC3)=CC=CC2C1[Si](C)(C)C1C(C)CC2C(C3CC3)=CC=CC21. The van der Waals surface area contributed by atoms with Gasteiger partial charge in [0.1, 0.15) is 0 Å². The third-order valence-corrected chi connectivity index (χ3v) is 15.5. The first-order chi connectivity index (χ1) is 14.0. The van der Waals surface area contributed by atoms with Crippen molar-refractivity contribution in [3.63, 3.8) is 0 Å². The fourth-order valence-electron chi connectivity index (χ4n) is 9.12. The molecule has 6 aliphatic rings. The summed E-state index contributed by atoms with van der Waals surface area (Å²) in [6, 6.07) is 0. The highest BCUT2D eigenvalue weighted by Gasteiger charge is 2.58. The van der Waals surface area contributed by atoms with Gasteiger partial charge >= 0.3 is 0 Å². The van der Waals surface area contributed by atoms with Crippen LogP contribution >= 0.6 is 0 Å². The molecule has 0 bridgehead atoms. The zero-order valence-corrected chi connectivity index (χ0v) is 20.0. The molecule has 6 aliphatic carbocycles. The summed E-state index contributed by atoms with van der Waals surface area (Å²) in [6.45, 7) is 10.9. The van der Waals surface area contributed by atoms with Gasteiger partial charge in [-0.05, 0) is 97.0 Å². The van der Waals surface area contributed by atoms with Crippen LogP contribution in [0.1, 0.15) is 52.4 Å². The molecular weight excluding hydrogens is 364 g/mol. The highest BCUT2D eigenvalue weighted by molar-refractivity contribution is 6.80. The third-order valence-electron chi connectivity index (χ3n) is 10.2. The van der Waals surface area contributed by atoms with E-state index in [9.17, 15) is 0 Å². The van der Waals surface area contributed by atoms with Crippen molar-refractivity contribution < 1.29 is 0 Å². The molecule has 0 saturated heterocycles. The molecule has 0 N–H and O–H groups in total. The van der Waals surface area contributed by atoms with Gasteiger partial charge in [0.15, 0.2) is 0 Å². The van der Waals surface area contributed by atoms with Gasteiger partial charge in [-0.2, -0.15) is 0 Å². The van der Waals surface area contributed by atoms with Crippen LogP contribution in [0.2, 0.25) is 24.2 Å². The summed E-state index contributed by atoms with van der Waals surface area (Å²) >= 11 is 0. The number of hydrogen-bond acceptors (Lipinski definition) is 0. The van der Waals surface area contributed by atoms with E-state index in [2.05, 4.69) is 63.4 Å². The van der Waals surface area contributed by atoms with Crippen molar-refractivity contribution >= 4 is 8.07 Å². The lowest BCUT2D eigenvalue weighted by atomic mass is 9.82. The van der Waals surface area contributed by atoms with E-state index in [1.807, 2.05) is 11.1 Å². The van der Waals surface area contributed by atoms with Crippen molar-refractivity contribution in [2.45, 2.75) is 76.5 Å². The maximum atomic E-state index is 2.81. The van der Waals surface area contributed by atoms with Crippen LogP contribution in [-0.4, -0.2) is 8.07 Å². The molecule has 8 atom stereocenters. The van der Waals surface area contributed by atoms with E-state index in [1.165, 1.54) is 38.5 Å². The Bertz CT molecular complexity index is 736. The minimum atomic E-state index is -1.42. The molecule has 0 nitrogen and oxygen atoms in total. The van der Waals surface area contributed by atoms with E-state index in [0.717, 1.165) is 58.4 Å². The molecule has 0 aromatic carbocycles. The van der Waals surface area contributed by atoms with Crippen LogP contribution in [0.15, 0.2) is 47.6 Å². The smallest absolute Gasteiger partial charge is 0.0553 e. The fraction of sp³-hybridized carbons (Fsp3) is 0.714. The van der Waals surface area contributed by atoms with Gasteiger partial charge in [-0.3, -0.25) is 0 Å². The highest BCUT2D eigenvalue weighted by atomic mass is 28.3. The van der Waals surface area contributed by atoms with Crippen LogP contribution in [0, 0.1) is 47.3 Å². The van der Waals surface area contributed by atoms with E-state index < -0.39 is 8.07 Å². The Labute approximate surface area is 179 Å². The minimum absolute atomic E-state index is 0.851. The van der Waals surface area contributed by atoms with Crippen molar-refractivity contribution in [2.24, 2.45) is 47.3 Å². The first kappa shape index (κ1) is 18.9. The molecule has 29 heavy (non-hydrogen) atoms. The van der Waals surface area contributed by atoms with Gasteiger partial charge in [0.2, 0.25) is 0 Å². The predicted molar refractivity (Wildman–Crippen MR) is 126 cm³/mol. The van der Waals surface area contributed by atoms with E-state index >= 15 is 0 Å². The standard InChI is InChI=1S/C28H40Si/c1-17-15-25-21(19-11-12-19)7-5-9-23(25)27(17)29(3,4)28-18(2)16-26-22(20-13-14-20)8-6-10-24(26)28/h5-10,17-20,23-28H,11-16H2,1-4H3. The van der Waals surface area contributed by atoms with Gasteiger partial charge in [-0.1, -0.05) is 74.5 Å². The Kier molecular flexibility index (Phi) is 4.29. The first-order valence-corrected chi connectivity index (χ1v) is 15.9. The van der Waals surface area contributed by atoms with E-state index in [-0.39, 0.29) is 0 Å². The molecule has 0 heterocycles. The van der Waals surface area contributed by atoms with Crippen molar-refractivity contribution in [1.82, 2.24) is 0 Å². The Morgan fingerprint density at radius 2 is 1.10 bits per heavy atom. The lowest BCUT2D eigenvalue weighted by molar-refractivity contribution is 0.469. The summed E-state index contributed by atoms with van der Waals surface area (Å²) < 4.78 is 0. The molecule has 1 heteroatoms. The molecule has 0 amide bonds. The number of rotatable bonds is 4. The van der Waals surface area contributed by atoms with Crippen molar-refractivity contribution in [3.05, 3.63) is 47.6 Å². The van der Waals surface area contributed by atoms with Crippen LogP contribution in [0.4, 0.5) is 0 Å². The van der Waals surface area contributed by atoms with Gasteiger partial charge in [0.25, 0.3) is 0 Å². The maximum Gasteiger partial charge on any atom is 0.0553 e. The van der Waals surface area contributed by atoms with Crippen LogP contribution < -0.4 is 0 Å². The molecule has 0 radical (unpaired) electrons. The summed E-state index contributed by atoms with van der Waals surface area (Å²) in [5, 5.41) is 0. The number of hydrogen-bond donors (Lipinski definition) is 0. The molecule has 4 fully saturated rings. The second-order valence-electron chi connectivity index (χ2n) is 12.3. The Morgan fingerprint density at radius 1 is 0.690 bits per heavy atom. The van der Waals surface area contributed by atoms with Crippen molar-refractivity contribution in [2.75, 3.05) is 0 Å². The molecule has 0 aliphatic heterocycles. The van der Waals surface area contributed by atoms with Gasteiger partial charge < -0.3 is 0 Å². The van der Waals surface area contributed by atoms with Crippen molar-refractivity contribution in [1.29, 1.82) is 0 Å². The van der Waals surface area contributed by atoms with E-state index in [0.29, 0.717) is 0 Å². The van der Waals surface area contributed by atoms with Gasteiger partial charge in [0, 0.05) is 0 Å². The molecule has 0 aromatic heterocycles. The molecule has 4 saturated carbocycles. The lowest BCUT2D eigenvalue weighted by Crippen LogP contribution is -2.45. The Hall–Kier alpha value is -0.823. The average molecular weight is 405 g/mol. The Morgan fingerprint density at radius 3 is 1.48 bits per heavy atom. The van der Waals surface area contributed by atoms with E-state index in [1.54, 1.807) is 0 Å². The maximum absolute atomic E-state index is 2.81. The fourth-order valence-corrected chi connectivity index (χ4v) is 15.4. The molecular formula is C28H40Si. The second-order valence-corrected chi connectivity index (χ2v) is 17.3. The summed E-state index contributed by atoms with van der Waals surface area (Å²) in [6.07, 6.45) is 24.1. The summed E-state index contributed by atoms with van der Waals surface area (Å²) in [7, 11) is -1.42. The third kappa shape index (κ3) is 2.89. The zero-order valence-electron chi connectivity index (χ0n) is 19.0. The van der Waals surface area contributed by atoms with Crippen LogP contribution in [0.5, 0.6) is 0 Å². The summed E-state index contributed by atoms with van der Waals surface area (Å²) in [5.41, 5.74) is 5.65. The molecule has 0 aromatic rings. The minimum Gasteiger partial charge on any atom is -0.0808 e. The first-order valence-electron chi connectivity index (χ1n) is 12.7. The lowest BCUT2D eigenvalue weighted by Gasteiger charge is -2.46. The Balaban J connectivity index is 1.31. The number of fused-ring (bicyclic) bond motifs is 2. The average Bonchev–Trinajstić information content (AvgIpc) is 3.59. The van der Waals surface area contributed by atoms with Gasteiger partial charge in [0.05, 0.1) is 8.07 Å². The summed E-state index contributed by atoms with van der Waals surface area (Å²) in [4.78, 5) is 0. The highest BCUT2D eigenvalue weighted by Crippen LogP contribution is 2.65. The molecule has 156 valence electrons. The van der Waals surface area contributed by atoms with Gasteiger partial charge in [-0.15, -0.1) is 0 Å². The second kappa shape index (κ2) is 6.59. The van der Waals surface area contributed by atoms with Crippen LogP contribution in [-0.2, 0) is 0 Å². The van der Waals surface area contributed by atoms with Crippen molar-refractivity contribution in [3.8, 4) is 0 Å². The molecule has 0 spiro atoms. The van der Waals surface area contributed by atoms with Gasteiger partial charge in [-0.25, -0.2) is 0 Å². The summed E-state index contributed by atoms with van der Waals surface area (Å²) in [5.74, 6) is 7.19. The van der Waals surface area contributed by atoms with Crippen LogP contribution in [0.3, 0.4) is 0 Å². The quantitative estimate of drug-likeness (QED) is 0.419. The van der Waals surface area contributed by atoms with E-state index in [4.69, 9.17) is 0 Å². The topological polar surface area (TPSA) is 0 Å². The molecule has 8 unspecified atom stereocenters. The monoisotopic (exact) mass is 404 g/mol. The largest absolute Gasteiger partial charge is 0.0808 e. The zero-order chi connectivity index (χ0) is 19.9. The predicted octanol–water partition coefficient (Wildman–Crippen LogP) is 7.79.